The van der Waals surface area contributed by atoms with E-state index in [0.717, 1.165) is 24.1 Å². The summed E-state index contributed by atoms with van der Waals surface area (Å²) in [5, 5.41) is 4.35. The Morgan fingerprint density at radius 2 is 1.88 bits per heavy atom. The van der Waals surface area contributed by atoms with Crippen LogP contribution in [0.4, 0.5) is 0 Å². The highest BCUT2D eigenvalue weighted by atomic mass is 32.2. The maximum atomic E-state index is 12.2. The van der Waals surface area contributed by atoms with Crippen molar-refractivity contribution < 1.29 is 27.2 Å². The summed E-state index contributed by atoms with van der Waals surface area (Å²) in [6.45, 7) is 0.555. The number of benzene rings is 1. The van der Waals surface area contributed by atoms with Crippen LogP contribution in [-0.4, -0.2) is 38.3 Å². The average Bonchev–Trinajstić information content (AvgIpc) is 3.09. The molecule has 132 valence electrons. The van der Waals surface area contributed by atoms with Crippen LogP contribution in [-0.2, 0) is 32.5 Å². The molecule has 0 saturated heterocycles. The minimum absolute atomic E-state index is 0.332. The third-order valence-electron chi connectivity index (χ3n) is 3.87. The van der Waals surface area contributed by atoms with Crippen molar-refractivity contribution in [2.45, 2.75) is 18.1 Å². The number of primary sulfonamides is 1. The monoisotopic (exact) mass is 364 g/mol. The van der Waals surface area contributed by atoms with Crippen molar-refractivity contribution in [2.24, 2.45) is 5.14 Å². The van der Waals surface area contributed by atoms with E-state index in [1.807, 2.05) is 24.3 Å². The molecule has 0 atom stereocenters. The normalized spacial score (nSPS) is 14.0. The van der Waals surface area contributed by atoms with Gasteiger partial charge in [0, 0.05) is 13.1 Å². The molecule has 1 amide bonds. The first-order chi connectivity index (χ1) is 11.8. The first-order valence-electron chi connectivity index (χ1n) is 7.49. The van der Waals surface area contributed by atoms with Gasteiger partial charge in [-0.15, -0.1) is 0 Å². The lowest BCUT2D eigenvalue weighted by Crippen LogP contribution is -2.38. The summed E-state index contributed by atoms with van der Waals surface area (Å²) < 4.78 is 31.9. The van der Waals surface area contributed by atoms with Gasteiger partial charge in [0.25, 0.3) is 15.9 Å². The molecule has 2 aromatic rings. The number of hydrogen-bond donors (Lipinski definition) is 1. The zero-order valence-electron chi connectivity index (χ0n) is 13.2. The molecule has 25 heavy (non-hydrogen) atoms. The second-order valence-corrected chi connectivity index (χ2v) is 7.07. The van der Waals surface area contributed by atoms with Crippen LogP contribution in [0, 0.1) is 0 Å². The van der Waals surface area contributed by atoms with E-state index in [9.17, 15) is 18.0 Å². The van der Waals surface area contributed by atoms with Gasteiger partial charge in [-0.25, -0.2) is 18.4 Å². The fourth-order valence-corrected chi connectivity index (χ4v) is 3.04. The third-order valence-corrected chi connectivity index (χ3v) is 4.65. The number of carbonyl (C=O) groups is 2. The van der Waals surface area contributed by atoms with E-state index in [2.05, 4.69) is 0 Å². The van der Waals surface area contributed by atoms with Crippen LogP contribution >= 0.6 is 0 Å². The molecule has 1 aromatic carbocycles. The van der Waals surface area contributed by atoms with Gasteiger partial charge in [0.1, 0.15) is 0 Å². The molecule has 1 aliphatic rings. The second kappa shape index (κ2) is 6.69. The smallest absolute Gasteiger partial charge is 0.374 e. The number of rotatable bonds is 4. The molecule has 3 rings (SSSR count). The van der Waals surface area contributed by atoms with Crippen molar-refractivity contribution in [1.29, 1.82) is 0 Å². The van der Waals surface area contributed by atoms with Gasteiger partial charge in [-0.1, -0.05) is 24.3 Å². The Bertz CT molecular complexity index is 918. The van der Waals surface area contributed by atoms with Crippen molar-refractivity contribution in [3.05, 3.63) is 53.3 Å². The Morgan fingerprint density at radius 3 is 2.56 bits per heavy atom. The molecular weight excluding hydrogens is 348 g/mol. The fraction of sp³-hybridized carbons (Fsp3) is 0.250. The van der Waals surface area contributed by atoms with Gasteiger partial charge in [0.2, 0.25) is 10.9 Å². The lowest BCUT2D eigenvalue weighted by Gasteiger charge is -2.28. The van der Waals surface area contributed by atoms with E-state index < -0.39 is 27.7 Å². The molecule has 0 spiro atoms. The topological polar surface area (TPSA) is 120 Å². The maximum Gasteiger partial charge on any atom is 0.374 e. The number of nitrogens with zero attached hydrogens (tertiary/aromatic N) is 1. The predicted molar refractivity (Wildman–Crippen MR) is 85.9 cm³/mol. The van der Waals surface area contributed by atoms with E-state index in [1.165, 1.54) is 5.56 Å². The summed E-state index contributed by atoms with van der Waals surface area (Å²) in [4.78, 5) is 25.7. The molecule has 8 nitrogen and oxygen atoms in total. The highest BCUT2D eigenvalue weighted by molar-refractivity contribution is 7.89. The number of carbonyl (C=O) groups excluding carboxylic acids is 2. The minimum atomic E-state index is -4.04. The molecule has 1 aromatic heterocycles. The Labute approximate surface area is 144 Å². The molecule has 0 saturated carbocycles. The van der Waals surface area contributed by atoms with Gasteiger partial charge in [-0.05, 0) is 29.7 Å². The van der Waals surface area contributed by atoms with Gasteiger partial charge < -0.3 is 14.1 Å². The molecular formula is C16H16N2O6S. The van der Waals surface area contributed by atoms with Crippen molar-refractivity contribution in [2.75, 3.05) is 13.2 Å². The predicted octanol–water partition coefficient (Wildman–Crippen LogP) is 0.669. The van der Waals surface area contributed by atoms with Crippen LogP contribution in [0.15, 0.2) is 45.9 Å². The number of hydrogen-bond acceptors (Lipinski definition) is 6. The van der Waals surface area contributed by atoms with Crippen LogP contribution in [0.25, 0.3) is 0 Å². The Morgan fingerprint density at radius 1 is 1.16 bits per heavy atom. The van der Waals surface area contributed by atoms with Crippen LogP contribution < -0.4 is 5.14 Å². The van der Waals surface area contributed by atoms with E-state index in [0.29, 0.717) is 13.1 Å². The van der Waals surface area contributed by atoms with Gasteiger partial charge in [0.15, 0.2) is 6.61 Å². The molecule has 0 radical (unpaired) electrons. The largest absolute Gasteiger partial charge is 0.450 e. The van der Waals surface area contributed by atoms with E-state index in [1.54, 1.807) is 4.90 Å². The average molecular weight is 364 g/mol. The van der Waals surface area contributed by atoms with Crippen LogP contribution in [0.3, 0.4) is 0 Å². The van der Waals surface area contributed by atoms with Crippen LogP contribution in [0.5, 0.6) is 0 Å². The Hall–Kier alpha value is -2.65. The molecule has 1 aliphatic heterocycles. The summed E-state index contributed by atoms with van der Waals surface area (Å²) in [5.41, 5.74) is 2.27. The number of furan rings is 1. The van der Waals surface area contributed by atoms with E-state index in [-0.39, 0.29) is 11.7 Å². The molecule has 2 N–H and O–H groups in total. The Kier molecular flexibility index (Phi) is 4.60. The maximum absolute atomic E-state index is 12.2. The summed E-state index contributed by atoms with van der Waals surface area (Å²) >= 11 is 0. The van der Waals surface area contributed by atoms with Crippen molar-refractivity contribution >= 4 is 21.9 Å². The second-order valence-electron chi connectivity index (χ2n) is 5.57. The van der Waals surface area contributed by atoms with E-state index >= 15 is 0 Å². The lowest BCUT2D eigenvalue weighted by atomic mass is 10.00. The number of nitrogens with two attached hydrogens (primary N) is 1. The first kappa shape index (κ1) is 17.2. The summed E-state index contributed by atoms with van der Waals surface area (Å²) in [6.07, 6.45) is 0.742. The molecule has 9 heteroatoms. The van der Waals surface area contributed by atoms with E-state index in [4.69, 9.17) is 14.3 Å². The van der Waals surface area contributed by atoms with Crippen molar-refractivity contribution in [3.8, 4) is 0 Å². The zero-order chi connectivity index (χ0) is 18.0. The lowest BCUT2D eigenvalue weighted by molar-refractivity contribution is -0.135. The van der Waals surface area contributed by atoms with Crippen molar-refractivity contribution in [3.63, 3.8) is 0 Å². The fourth-order valence-electron chi connectivity index (χ4n) is 2.58. The molecule has 0 aliphatic carbocycles. The SMILES string of the molecule is NS(=O)(=O)c1ccc(C(=O)OCC(=O)N2CCc3ccccc3C2)o1. The summed E-state index contributed by atoms with van der Waals surface area (Å²) in [6, 6.07) is 10.0. The summed E-state index contributed by atoms with van der Waals surface area (Å²) in [5.74, 6) is -1.59. The molecule has 2 heterocycles. The third kappa shape index (κ3) is 3.89. The highest BCUT2D eigenvalue weighted by Crippen LogP contribution is 2.19. The Balaban J connectivity index is 1.57. The molecule has 0 bridgehead atoms. The molecule has 0 fully saturated rings. The van der Waals surface area contributed by atoms with Gasteiger partial charge in [-0.2, -0.15) is 0 Å². The van der Waals surface area contributed by atoms with Crippen LogP contribution in [0.1, 0.15) is 21.7 Å². The quantitative estimate of drug-likeness (QED) is 0.796. The minimum Gasteiger partial charge on any atom is -0.450 e. The number of esters is 1. The number of fused-ring (bicyclic) bond motifs is 1. The number of sulfonamides is 1. The zero-order valence-corrected chi connectivity index (χ0v) is 14.0. The van der Waals surface area contributed by atoms with Gasteiger partial charge in [-0.3, -0.25) is 4.79 Å². The van der Waals surface area contributed by atoms with Gasteiger partial charge in [0.05, 0.1) is 0 Å². The first-order valence-corrected chi connectivity index (χ1v) is 9.03. The standard InChI is InChI=1S/C16H16N2O6S/c17-25(21,22)15-6-5-13(24-15)16(20)23-10-14(19)18-8-7-11-3-1-2-4-12(11)9-18/h1-6H,7-10H2,(H2,17,21,22). The van der Waals surface area contributed by atoms with Gasteiger partial charge >= 0.3 is 5.97 Å². The number of amides is 1. The molecule has 0 unspecified atom stereocenters. The summed E-state index contributed by atoms with van der Waals surface area (Å²) in [7, 11) is -4.04. The number of ether oxygens (including phenoxy) is 1. The van der Waals surface area contributed by atoms with Crippen molar-refractivity contribution in [1.82, 2.24) is 4.90 Å². The van der Waals surface area contributed by atoms with Crippen LogP contribution in [0.2, 0.25) is 0 Å². The highest BCUT2D eigenvalue weighted by Gasteiger charge is 2.23.